The minimum atomic E-state index is -0.591. The van der Waals surface area contributed by atoms with Crippen LogP contribution in [0.15, 0.2) is 72.8 Å². The Balaban J connectivity index is 1.55. The number of piperidine rings is 1. The molecule has 1 saturated heterocycles. The molecule has 0 aliphatic carbocycles. The quantitative estimate of drug-likeness (QED) is 0.318. The largest absolute Gasteiger partial charge is 0.369 e. The number of likely N-dealkylation sites (tertiary alicyclic amines) is 1. The lowest BCUT2D eigenvalue weighted by atomic mass is 9.89. The molecule has 5 rings (SSSR count). The van der Waals surface area contributed by atoms with Gasteiger partial charge in [-0.2, -0.15) is 5.10 Å². The summed E-state index contributed by atoms with van der Waals surface area (Å²) >= 11 is 12.7. The standard InChI is InChI=1S/C29H25Cl2FN4O2/c30-20-11-9-19(10-12-20)28-22(17-26(33)37)27(34-36(28)25-8-4-2-6-23(25)31)29(38)35-15-13-18(14-16-35)21-5-1-3-7-24(21)32/h1-12,18H,13-17H2,(H2,33,37). The van der Waals surface area contributed by atoms with Gasteiger partial charge in [0.05, 0.1) is 22.8 Å². The van der Waals surface area contributed by atoms with Gasteiger partial charge in [-0.3, -0.25) is 9.59 Å². The van der Waals surface area contributed by atoms with Crippen LogP contribution in [0.2, 0.25) is 10.0 Å². The van der Waals surface area contributed by atoms with E-state index in [1.807, 2.05) is 12.1 Å². The molecule has 4 aromatic rings. The van der Waals surface area contributed by atoms with Crippen molar-refractivity contribution in [2.45, 2.75) is 25.2 Å². The number of primary amides is 1. The molecule has 0 radical (unpaired) electrons. The first-order valence-corrected chi connectivity index (χ1v) is 13.0. The highest BCUT2D eigenvalue weighted by atomic mass is 35.5. The van der Waals surface area contributed by atoms with Gasteiger partial charge >= 0.3 is 0 Å². The van der Waals surface area contributed by atoms with Crippen molar-refractivity contribution in [1.29, 1.82) is 0 Å². The molecule has 6 nitrogen and oxygen atoms in total. The molecule has 0 bridgehead atoms. The molecule has 1 aliphatic rings. The summed E-state index contributed by atoms with van der Waals surface area (Å²) < 4.78 is 15.9. The predicted octanol–water partition coefficient (Wildman–Crippen LogP) is 6.03. The van der Waals surface area contributed by atoms with E-state index in [9.17, 15) is 14.0 Å². The SMILES string of the molecule is NC(=O)Cc1c(C(=O)N2CCC(c3ccccc3F)CC2)nn(-c2ccccc2Cl)c1-c1ccc(Cl)cc1. The zero-order valence-electron chi connectivity index (χ0n) is 20.4. The zero-order valence-corrected chi connectivity index (χ0v) is 21.9. The number of nitrogens with two attached hydrogens (primary N) is 1. The van der Waals surface area contributed by atoms with Crippen molar-refractivity contribution in [3.8, 4) is 16.9 Å². The summed E-state index contributed by atoms with van der Waals surface area (Å²) in [6.07, 6.45) is 1.05. The average Bonchev–Trinajstić information content (AvgIpc) is 3.27. The molecule has 1 fully saturated rings. The molecule has 0 atom stereocenters. The number of rotatable bonds is 6. The Labute approximate surface area is 229 Å². The number of aromatic nitrogens is 2. The molecule has 3 aromatic carbocycles. The van der Waals surface area contributed by atoms with E-state index in [2.05, 4.69) is 0 Å². The van der Waals surface area contributed by atoms with Gasteiger partial charge in [0.1, 0.15) is 5.82 Å². The summed E-state index contributed by atoms with van der Waals surface area (Å²) in [4.78, 5) is 27.7. The van der Waals surface area contributed by atoms with Gasteiger partial charge in [0.25, 0.3) is 5.91 Å². The Bertz CT molecular complexity index is 1490. The van der Waals surface area contributed by atoms with Gasteiger partial charge in [-0.05, 0) is 54.7 Å². The number of carbonyl (C=O) groups excluding carboxylic acids is 2. The van der Waals surface area contributed by atoms with E-state index >= 15 is 0 Å². The molecule has 0 saturated carbocycles. The molecule has 1 aromatic heterocycles. The van der Waals surface area contributed by atoms with Gasteiger partial charge in [0, 0.05) is 29.2 Å². The summed E-state index contributed by atoms with van der Waals surface area (Å²) in [6, 6.07) is 20.9. The van der Waals surface area contributed by atoms with E-state index in [1.165, 1.54) is 6.07 Å². The first kappa shape index (κ1) is 25.9. The zero-order chi connectivity index (χ0) is 26.8. The van der Waals surface area contributed by atoms with Crippen molar-refractivity contribution >= 4 is 35.0 Å². The molecule has 194 valence electrons. The van der Waals surface area contributed by atoms with Crippen LogP contribution in [0.25, 0.3) is 16.9 Å². The molecule has 2 heterocycles. The molecule has 0 unspecified atom stereocenters. The van der Waals surface area contributed by atoms with Gasteiger partial charge in [0.15, 0.2) is 5.69 Å². The Kier molecular flexibility index (Phi) is 7.49. The minimum Gasteiger partial charge on any atom is -0.369 e. The molecular formula is C29H25Cl2FN4O2. The number of carbonyl (C=O) groups is 2. The Hall–Kier alpha value is -3.68. The highest BCUT2D eigenvalue weighted by molar-refractivity contribution is 6.32. The van der Waals surface area contributed by atoms with E-state index in [1.54, 1.807) is 64.2 Å². The maximum Gasteiger partial charge on any atom is 0.274 e. The van der Waals surface area contributed by atoms with Crippen molar-refractivity contribution in [3.63, 3.8) is 0 Å². The first-order chi connectivity index (χ1) is 18.3. The van der Waals surface area contributed by atoms with Gasteiger partial charge in [-0.15, -0.1) is 0 Å². The monoisotopic (exact) mass is 550 g/mol. The van der Waals surface area contributed by atoms with Crippen molar-refractivity contribution in [1.82, 2.24) is 14.7 Å². The van der Waals surface area contributed by atoms with Crippen LogP contribution in [-0.2, 0) is 11.2 Å². The van der Waals surface area contributed by atoms with Gasteiger partial charge in [-0.1, -0.05) is 65.7 Å². The van der Waals surface area contributed by atoms with Crippen LogP contribution in [-0.4, -0.2) is 39.6 Å². The number of hydrogen-bond acceptors (Lipinski definition) is 3. The number of amides is 2. The first-order valence-electron chi connectivity index (χ1n) is 12.3. The number of nitrogens with zero attached hydrogens (tertiary/aromatic N) is 3. The van der Waals surface area contributed by atoms with Gasteiger partial charge < -0.3 is 10.6 Å². The van der Waals surface area contributed by atoms with Gasteiger partial charge in [0.2, 0.25) is 5.91 Å². The van der Waals surface area contributed by atoms with Gasteiger partial charge in [-0.25, -0.2) is 9.07 Å². The molecule has 2 N–H and O–H groups in total. The Morgan fingerprint density at radius 2 is 1.61 bits per heavy atom. The molecule has 0 spiro atoms. The van der Waals surface area contributed by atoms with Crippen LogP contribution < -0.4 is 5.73 Å². The van der Waals surface area contributed by atoms with Crippen molar-refractivity contribution in [3.05, 3.63) is 105 Å². The third-order valence-electron chi connectivity index (χ3n) is 6.86. The Morgan fingerprint density at radius 1 is 0.947 bits per heavy atom. The maximum absolute atomic E-state index is 14.3. The third kappa shape index (κ3) is 5.17. The van der Waals surface area contributed by atoms with E-state index < -0.39 is 5.91 Å². The van der Waals surface area contributed by atoms with Crippen LogP contribution in [0.1, 0.15) is 40.4 Å². The topological polar surface area (TPSA) is 81.2 Å². The predicted molar refractivity (Wildman–Crippen MR) is 146 cm³/mol. The molecule has 9 heteroatoms. The number of hydrogen-bond donors (Lipinski definition) is 1. The number of halogens is 3. The summed E-state index contributed by atoms with van der Waals surface area (Å²) in [5.41, 5.74) is 8.66. The van der Waals surface area contributed by atoms with Crippen LogP contribution in [0.5, 0.6) is 0 Å². The molecule has 38 heavy (non-hydrogen) atoms. The number of benzene rings is 3. The second kappa shape index (κ2) is 11.0. The summed E-state index contributed by atoms with van der Waals surface area (Å²) in [5.74, 6) is -1.11. The number of para-hydroxylation sites is 1. The summed E-state index contributed by atoms with van der Waals surface area (Å²) in [5, 5.41) is 5.68. The fourth-order valence-electron chi connectivity index (χ4n) is 5.02. The lowest BCUT2D eigenvalue weighted by Gasteiger charge is -2.32. The third-order valence-corrected chi connectivity index (χ3v) is 7.43. The van der Waals surface area contributed by atoms with E-state index in [-0.39, 0.29) is 29.8 Å². The van der Waals surface area contributed by atoms with E-state index in [0.717, 1.165) is 0 Å². The summed E-state index contributed by atoms with van der Waals surface area (Å²) in [7, 11) is 0. The lowest BCUT2D eigenvalue weighted by molar-refractivity contribution is -0.117. The van der Waals surface area contributed by atoms with E-state index in [4.69, 9.17) is 34.0 Å². The van der Waals surface area contributed by atoms with Crippen LogP contribution in [0, 0.1) is 5.82 Å². The maximum atomic E-state index is 14.3. The smallest absolute Gasteiger partial charge is 0.274 e. The van der Waals surface area contributed by atoms with Crippen LogP contribution in [0.4, 0.5) is 4.39 Å². The highest BCUT2D eigenvalue weighted by Gasteiger charge is 2.32. The van der Waals surface area contributed by atoms with Crippen LogP contribution in [0.3, 0.4) is 0 Å². The minimum absolute atomic E-state index is 0.0238. The van der Waals surface area contributed by atoms with Crippen molar-refractivity contribution in [2.75, 3.05) is 13.1 Å². The Morgan fingerprint density at radius 3 is 2.26 bits per heavy atom. The summed E-state index contributed by atoms with van der Waals surface area (Å²) in [6.45, 7) is 0.867. The highest BCUT2D eigenvalue weighted by Crippen LogP contribution is 2.35. The normalized spacial score (nSPS) is 14.0. The molecule has 2 amide bonds. The van der Waals surface area contributed by atoms with E-state index in [0.29, 0.717) is 64.0 Å². The van der Waals surface area contributed by atoms with Crippen LogP contribution >= 0.6 is 23.2 Å². The van der Waals surface area contributed by atoms with Crippen molar-refractivity contribution < 1.29 is 14.0 Å². The lowest BCUT2D eigenvalue weighted by Crippen LogP contribution is -2.38. The van der Waals surface area contributed by atoms with Crippen molar-refractivity contribution in [2.24, 2.45) is 5.73 Å². The fourth-order valence-corrected chi connectivity index (χ4v) is 5.36. The second-order valence-electron chi connectivity index (χ2n) is 9.28. The molecular weight excluding hydrogens is 526 g/mol. The average molecular weight is 551 g/mol. The molecule has 1 aliphatic heterocycles. The fraction of sp³-hybridized carbons (Fsp3) is 0.207. The second-order valence-corrected chi connectivity index (χ2v) is 10.1.